The monoisotopic (exact) mass is 296 g/mol. The molecule has 0 heterocycles. The maximum absolute atomic E-state index is 10.3. The quantitative estimate of drug-likeness (QED) is 0.792. The number of nitrogens with one attached hydrogen (secondary N) is 1. The molecule has 0 aliphatic rings. The lowest BCUT2D eigenvalue weighted by molar-refractivity contribution is -0.137. The van der Waals surface area contributed by atoms with Crippen molar-refractivity contribution in [3.63, 3.8) is 0 Å². The average molecular weight is 297 g/mol. The van der Waals surface area contributed by atoms with Crippen LogP contribution in [0.5, 0.6) is 0 Å². The number of unbranched alkanes of at least 4 members (excludes halogenated alkanes) is 1. The highest BCUT2D eigenvalue weighted by Gasteiger charge is 2.01. The van der Waals surface area contributed by atoms with E-state index in [0.29, 0.717) is 12.0 Å². The zero-order valence-electron chi connectivity index (χ0n) is 9.24. The number of carbonyl (C=O) groups is 1. The number of rotatable bonds is 6. The van der Waals surface area contributed by atoms with Gasteiger partial charge in [-0.2, -0.15) is 5.26 Å². The van der Waals surface area contributed by atoms with Gasteiger partial charge in [-0.15, -0.1) is 0 Å². The number of anilines is 1. The van der Waals surface area contributed by atoms with Crippen LogP contribution in [0.15, 0.2) is 22.7 Å². The minimum atomic E-state index is -0.760. The van der Waals surface area contributed by atoms with E-state index in [9.17, 15) is 4.79 Å². The van der Waals surface area contributed by atoms with Crippen molar-refractivity contribution >= 4 is 27.6 Å². The zero-order valence-corrected chi connectivity index (χ0v) is 10.8. The first kappa shape index (κ1) is 13.5. The largest absolute Gasteiger partial charge is 0.481 e. The van der Waals surface area contributed by atoms with Gasteiger partial charge in [-0.25, -0.2) is 0 Å². The number of aliphatic carboxylic acids is 1. The van der Waals surface area contributed by atoms with Gasteiger partial charge in [0.15, 0.2) is 0 Å². The first-order valence-electron chi connectivity index (χ1n) is 5.29. The molecule has 0 atom stereocenters. The molecule has 2 N–H and O–H groups in total. The predicted molar refractivity (Wildman–Crippen MR) is 68.8 cm³/mol. The fraction of sp³-hybridized carbons (Fsp3) is 0.333. The van der Waals surface area contributed by atoms with Gasteiger partial charge in [-0.1, -0.05) is 0 Å². The van der Waals surface area contributed by atoms with Crippen LogP contribution < -0.4 is 5.32 Å². The molecule has 1 aromatic carbocycles. The van der Waals surface area contributed by atoms with Crippen LogP contribution in [0.25, 0.3) is 0 Å². The van der Waals surface area contributed by atoms with E-state index < -0.39 is 5.97 Å². The fourth-order valence-electron chi connectivity index (χ4n) is 1.35. The van der Waals surface area contributed by atoms with Gasteiger partial charge in [0.25, 0.3) is 0 Å². The van der Waals surface area contributed by atoms with Crippen molar-refractivity contribution in [2.75, 3.05) is 11.9 Å². The summed E-state index contributed by atoms with van der Waals surface area (Å²) in [6.45, 7) is 0.720. The van der Waals surface area contributed by atoms with Crippen LogP contribution in [-0.2, 0) is 4.79 Å². The van der Waals surface area contributed by atoms with Gasteiger partial charge in [0.05, 0.1) is 11.6 Å². The predicted octanol–water partition coefficient (Wildman–Crippen LogP) is 2.99. The molecule has 90 valence electrons. The molecule has 0 spiro atoms. The van der Waals surface area contributed by atoms with Crippen LogP contribution in [0.4, 0.5) is 5.69 Å². The van der Waals surface area contributed by atoms with Crippen molar-refractivity contribution in [3.05, 3.63) is 28.2 Å². The molecule has 1 aromatic rings. The smallest absolute Gasteiger partial charge is 0.303 e. The molecule has 0 radical (unpaired) electrons. The first-order valence-corrected chi connectivity index (χ1v) is 6.08. The minimum Gasteiger partial charge on any atom is -0.481 e. The topological polar surface area (TPSA) is 73.1 Å². The summed E-state index contributed by atoms with van der Waals surface area (Å²) < 4.78 is 0.842. The van der Waals surface area contributed by atoms with E-state index in [-0.39, 0.29) is 6.42 Å². The zero-order chi connectivity index (χ0) is 12.7. The number of halogens is 1. The van der Waals surface area contributed by atoms with Gasteiger partial charge in [0.2, 0.25) is 0 Å². The lowest BCUT2D eigenvalue weighted by Gasteiger charge is -2.08. The highest BCUT2D eigenvalue weighted by atomic mass is 79.9. The maximum Gasteiger partial charge on any atom is 0.303 e. The molecular weight excluding hydrogens is 284 g/mol. The molecule has 0 aliphatic heterocycles. The second-order valence-electron chi connectivity index (χ2n) is 3.58. The van der Waals surface area contributed by atoms with Crippen LogP contribution in [0, 0.1) is 11.3 Å². The molecule has 0 saturated heterocycles. The Morgan fingerprint density at radius 3 is 2.82 bits per heavy atom. The fourth-order valence-corrected chi connectivity index (χ4v) is 1.87. The molecule has 5 heteroatoms. The number of carboxylic acids is 1. The summed E-state index contributed by atoms with van der Waals surface area (Å²) in [5.41, 5.74) is 1.52. The van der Waals surface area contributed by atoms with Gasteiger partial charge in [-0.05, 0) is 47.0 Å². The van der Waals surface area contributed by atoms with Crippen molar-refractivity contribution in [2.45, 2.75) is 19.3 Å². The summed E-state index contributed by atoms with van der Waals surface area (Å²) in [5, 5.41) is 20.4. The Kier molecular flexibility index (Phi) is 5.50. The minimum absolute atomic E-state index is 0.205. The van der Waals surface area contributed by atoms with Gasteiger partial charge in [0, 0.05) is 23.1 Å². The number of carboxylic acid groups (broad SMARTS) is 1. The third kappa shape index (κ3) is 4.87. The average Bonchev–Trinajstić information content (AvgIpc) is 2.30. The number of hydrogen-bond acceptors (Lipinski definition) is 3. The molecule has 0 bridgehead atoms. The van der Waals surface area contributed by atoms with Gasteiger partial charge >= 0.3 is 5.97 Å². The van der Waals surface area contributed by atoms with Gasteiger partial charge in [0.1, 0.15) is 0 Å². The first-order chi connectivity index (χ1) is 8.13. The summed E-state index contributed by atoms with van der Waals surface area (Å²) in [7, 11) is 0. The SMILES string of the molecule is N#Cc1ccc(NCCCCC(=O)O)c(Br)c1. The normalized spacial score (nSPS) is 9.65. The summed E-state index contributed by atoms with van der Waals surface area (Å²) in [5.74, 6) is -0.760. The van der Waals surface area contributed by atoms with E-state index in [4.69, 9.17) is 10.4 Å². The summed E-state index contributed by atoms with van der Waals surface area (Å²) in [4.78, 5) is 10.3. The Hall–Kier alpha value is -1.54. The highest BCUT2D eigenvalue weighted by molar-refractivity contribution is 9.10. The molecule has 0 aromatic heterocycles. The van der Waals surface area contributed by atoms with Crippen LogP contribution in [0.3, 0.4) is 0 Å². The van der Waals surface area contributed by atoms with Crippen LogP contribution in [0.1, 0.15) is 24.8 Å². The third-order valence-corrected chi connectivity index (χ3v) is 2.89. The van der Waals surface area contributed by atoms with E-state index in [2.05, 4.69) is 27.3 Å². The molecular formula is C12H13BrN2O2. The van der Waals surface area contributed by atoms with Crippen LogP contribution >= 0.6 is 15.9 Å². The second-order valence-corrected chi connectivity index (χ2v) is 4.44. The molecule has 1 rings (SSSR count). The Morgan fingerprint density at radius 1 is 1.47 bits per heavy atom. The molecule has 0 fully saturated rings. The maximum atomic E-state index is 10.3. The van der Waals surface area contributed by atoms with Crippen molar-refractivity contribution in [2.24, 2.45) is 0 Å². The van der Waals surface area contributed by atoms with Crippen molar-refractivity contribution in [3.8, 4) is 6.07 Å². The highest BCUT2D eigenvalue weighted by Crippen LogP contribution is 2.23. The van der Waals surface area contributed by atoms with E-state index in [1.54, 1.807) is 12.1 Å². The standard InChI is InChI=1S/C12H13BrN2O2/c13-10-7-9(8-14)4-5-11(10)15-6-2-1-3-12(16)17/h4-5,7,15H,1-3,6H2,(H,16,17). The molecule has 4 nitrogen and oxygen atoms in total. The molecule has 0 amide bonds. The second kappa shape index (κ2) is 6.92. The number of nitriles is 1. The Morgan fingerprint density at radius 2 is 2.24 bits per heavy atom. The lowest BCUT2D eigenvalue weighted by atomic mass is 10.2. The van der Waals surface area contributed by atoms with E-state index in [1.807, 2.05) is 6.07 Å². The summed E-state index contributed by atoms with van der Waals surface area (Å²) >= 11 is 3.37. The number of benzene rings is 1. The Balaban J connectivity index is 2.37. The van der Waals surface area contributed by atoms with Gasteiger partial charge < -0.3 is 10.4 Å². The molecule has 17 heavy (non-hydrogen) atoms. The lowest BCUT2D eigenvalue weighted by Crippen LogP contribution is -2.03. The molecule has 0 saturated carbocycles. The van der Waals surface area contributed by atoms with Crippen LogP contribution in [0.2, 0.25) is 0 Å². The van der Waals surface area contributed by atoms with E-state index in [1.165, 1.54) is 0 Å². The summed E-state index contributed by atoms with van der Waals surface area (Å²) in [6, 6.07) is 7.38. The molecule has 0 aliphatic carbocycles. The van der Waals surface area contributed by atoms with Crippen molar-refractivity contribution in [1.29, 1.82) is 5.26 Å². The Labute approximate surface area is 108 Å². The van der Waals surface area contributed by atoms with E-state index in [0.717, 1.165) is 23.1 Å². The van der Waals surface area contributed by atoms with Crippen molar-refractivity contribution in [1.82, 2.24) is 0 Å². The number of nitrogens with zero attached hydrogens (tertiary/aromatic N) is 1. The molecule has 0 unspecified atom stereocenters. The summed E-state index contributed by atoms with van der Waals surface area (Å²) in [6.07, 6.45) is 1.67. The van der Waals surface area contributed by atoms with Gasteiger partial charge in [-0.3, -0.25) is 4.79 Å². The Bertz CT molecular complexity index is 441. The van der Waals surface area contributed by atoms with Crippen molar-refractivity contribution < 1.29 is 9.90 Å². The van der Waals surface area contributed by atoms with E-state index >= 15 is 0 Å². The number of hydrogen-bond donors (Lipinski definition) is 2. The van der Waals surface area contributed by atoms with Crippen LogP contribution in [-0.4, -0.2) is 17.6 Å². The third-order valence-electron chi connectivity index (χ3n) is 2.23.